The number of benzene rings is 1. The van der Waals surface area contributed by atoms with E-state index in [1.54, 1.807) is 0 Å². The van der Waals surface area contributed by atoms with Gasteiger partial charge in [0.1, 0.15) is 5.75 Å². The van der Waals surface area contributed by atoms with Crippen LogP contribution in [0.5, 0.6) is 5.75 Å². The van der Waals surface area contributed by atoms with Gasteiger partial charge < -0.3 is 9.94 Å². The van der Waals surface area contributed by atoms with E-state index in [9.17, 15) is 0 Å². The van der Waals surface area contributed by atoms with Crippen LogP contribution in [-0.2, 0) is 0 Å². The average molecular weight is 219 g/mol. The van der Waals surface area contributed by atoms with Crippen molar-refractivity contribution < 1.29 is 9.94 Å². The molecular formula is C13H17NO2. The molecule has 0 unspecified atom stereocenters. The van der Waals surface area contributed by atoms with Crippen LogP contribution in [0.3, 0.4) is 0 Å². The van der Waals surface area contributed by atoms with Gasteiger partial charge in [0, 0.05) is 0 Å². The first-order valence-electron chi connectivity index (χ1n) is 5.62. The van der Waals surface area contributed by atoms with Gasteiger partial charge in [0.25, 0.3) is 0 Å². The predicted molar refractivity (Wildman–Crippen MR) is 63.5 cm³/mol. The molecule has 0 bridgehead atoms. The van der Waals surface area contributed by atoms with E-state index >= 15 is 0 Å². The van der Waals surface area contributed by atoms with E-state index in [2.05, 4.69) is 5.16 Å². The fourth-order valence-electron chi connectivity index (χ4n) is 1.84. The molecule has 0 heterocycles. The fourth-order valence-corrected chi connectivity index (χ4v) is 1.84. The summed E-state index contributed by atoms with van der Waals surface area (Å²) in [5.41, 5.74) is 3.09. The first kappa shape index (κ1) is 11.0. The third kappa shape index (κ3) is 2.54. The molecule has 2 rings (SSSR count). The maximum atomic E-state index is 8.49. The summed E-state index contributed by atoms with van der Waals surface area (Å²) in [5, 5.41) is 11.5. The van der Waals surface area contributed by atoms with Crippen molar-refractivity contribution in [2.75, 3.05) is 6.61 Å². The Morgan fingerprint density at radius 3 is 2.50 bits per heavy atom. The van der Waals surface area contributed by atoms with Crippen molar-refractivity contribution in [2.24, 2.45) is 11.1 Å². The van der Waals surface area contributed by atoms with Crippen molar-refractivity contribution in [3.05, 3.63) is 28.8 Å². The topological polar surface area (TPSA) is 41.8 Å². The lowest BCUT2D eigenvalue weighted by Gasteiger charge is -2.12. The van der Waals surface area contributed by atoms with E-state index < -0.39 is 0 Å². The molecule has 0 saturated heterocycles. The fraction of sp³-hybridized carbons (Fsp3) is 0.462. The standard InChI is InChI=1S/C13H17NO2/c1-9-5-12(7-14-15)6-10(2)13(9)16-8-11-3-4-11/h5-7,11,15H,3-4,8H2,1-2H3. The highest BCUT2D eigenvalue weighted by molar-refractivity contribution is 5.80. The lowest BCUT2D eigenvalue weighted by molar-refractivity contribution is 0.296. The molecule has 1 saturated carbocycles. The van der Waals surface area contributed by atoms with Gasteiger partial charge >= 0.3 is 0 Å². The highest BCUT2D eigenvalue weighted by atomic mass is 16.5. The van der Waals surface area contributed by atoms with Crippen LogP contribution in [0.4, 0.5) is 0 Å². The van der Waals surface area contributed by atoms with Gasteiger partial charge in [0.15, 0.2) is 0 Å². The number of ether oxygens (including phenoxy) is 1. The molecule has 0 aliphatic heterocycles. The van der Waals surface area contributed by atoms with E-state index in [1.807, 2.05) is 26.0 Å². The molecule has 0 spiro atoms. The van der Waals surface area contributed by atoms with Crippen LogP contribution in [-0.4, -0.2) is 18.0 Å². The van der Waals surface area contributed by atoms with Gasteiger partial charge in [-0.15, -0.1) is 0 Å². The lowest BCUT2D eigenvalue weighted by atomic mass is 10.1. The molecule has 0 amide bonds. The van der Waals surface area contributed by atoms with Gasteiger partial charge in [0.05, 0.1) is 12.8 Å². The Morgan fingerprint density at radius 1 is 1.38 bits per heavy atom. The maximum Gasteiger partial charge on any atom is 0.125 e. The first-order chi connectivity index (χ1) is 7.70. The van der Waals surface area contributed by atoms with E-state index in [4.69, 9.17) is 9.94 Å². The molecule has 1 fully saturated rings. The molecule has 0 aromatic heterocycles. The van der Waals surface area contributed by atoms with Gasteiger partial charge in [-0.25, -0.2) is 0 Å². The normalized spacial score (nSPS) is 15.6. The zero-order valence-electron chi connectivity index (χ0n) is 9.73. The summed E-state index contributed by atoms with van der Waals surface area (Å²) in [7, 11) is 0. The zero-order chi connectivity index (χ0) is 11.5. The Kier molecular flexibility index (Phi) is 3.13. The molecule has 0 atom stereocenters. The van der Waals surface area contributed by atoms with Crippen LogP contribution in [0.1, 0.15) is 29.5 Å². The molecule has 1 N–H and O–H groups in total. The minimum absolute atomic E-state index is 0.762. The second kappa shape index (κ2) is 4.56. The second-order valence-electron chi connectivity index (χ2n) is 4.48. The van der Waals surface area contributed by atoms with Gasteiger partial charge in [-0.2, -0.15) is 0 Å². The van der Waals surface area contributed by atoms with Gasteiger partial charge in [-0.3, -0.25) is 0 Å². The summed E-state index contributed by atoms with van der Waals surface area (Å²) in [4.78, 5) is 0. The monoisotopic (exact) mass is 219 g/mol. The second-order valence-corrected chi connectivity index (χ2v) is 4.48. The van der Waals surface area contributed by atoms with E-state index in [0.717, 1.165) is 35.0 Å². The summed E-state index contributed by atoms with van der Waals surface area (Å²) in [5.74, 6) is 1.74. The predicted octanol–water partition coefficient (Wildman–Crippen LogP) is 2.90. The van der Waals surface area contributed by atoms with E-state index in [1.165, 1.54) is 19.1 Å². The van der Waals surface area contributed by atoms with Crippen molar-refractivity contribution in [1.82, 2.24) is 0 Å². The number of nitrogens with zero attached hydrogens (tertiary/aromatic N) is 1. The summed E-state index contributed by atoms with van der Waals surface area (Å²) >= 11 is 0. The van der Waals surface area contributed by atoms with Crippen molar-refractivity contribution in [3.8, 4) is 5.75 Å². The molecule has 1 aliphatic carbocycles. The Labute approximate surface area is 95.7 Å². The Hall–Kier alpha value is -1.51. The maximum absolute atomic E-state index is 8.49. The van der Waals surface area contributed by atoms with Crippen LogP contribution >= 0.6 is 0 Å². The van der Waals surface area contributed by atoms with Crippen LogP contribution < -0.4 is 4.74 Å². The zero-order valence-corrected chi connectivity index (χ0v) is 9.73. The highest BCUT2D eigenvalue weighted by Gasteiger charge is 2.22. The van der Waals surface area contributed by atoms with Crippen LogP contribution in [0, 0.1) is 19.8 Å². The third-order valence-corrected chi connectivity index (χ3v) is 2.85. The number of hydrogen-bond donors (Lipinski definition) is 1. The highest BCUT2D eigenvalue weighted by Crippen LogP contribution is 2.31. The number of hydrogen-bond acceptors (Lipinski definition) is 3. The molecule has 3 nitrogen and oxygen atoms in total. The molecule has 86 valence electrons. The van der Waals surface area contributed by atoms with Gasteiger partial charge in [0.2, 0.25) is 0 Å². The summed E-state index contributed by atoms with van der Waals surface area (Å²) < 4.78 is 5.82. The van der Waals surface area contributed by atoms with Crippen LogP contribution in [0.25, 0.3) is 0 Å². The SMILES string of the molecule is Cc1cc(C=NO)cc(C)c1OCC1CC1. The first-order valence-corrected chi connectivity index (χ1v) is 5.62. The molecule has 1 aromatic carbocycles. The number of aryl methyl sites for hydroxylation is 2. The van der Waals surface area contributed by atoms with Crippen molar-refractivity contribution in [3.63, 3.8) is 0 Å². The minimum Gasteiger partial charge on any atom is -0.493 e. The average Bonchev–Trinajstić information content (AvgIpc) is 3.00. The minimum atomic E-state index is 0.762. The molecule has 3 heteroatoms. The van der Waals surface area contributed by atoms with Gasteiger partial charge in [-0.1, -0.05) is 5.16 Å². The largest absolute Gasteiger partial charge is 0.493 e. The smallest absolute Gasteiger partial charge is 0.125 e. The quantitative estimate of drug-likeness (QED) is 0.480. The van der Waals surface area contributed by atoms with E-state index in [-0.39, 0.29) is 0 Å². The summed E-state index contributed by atoms with van der Waals surface area (Å²) in [6, 6.07) is 3.93. The molecule has 16 heavy (non-hydrogen) atoms. The molecule has 1 aliphatic rings. The Morgan fingerprint density at radius 2 is 2.00 bits per heavy atom. The van der Waals surface area contributed by atoms with Crippen molar-refractivity contribution >= 4 is 6.21 Å². The van der Waals surface area contributed by atoms with Crippen molar-refractivity contribution in [2.45, 2.75) is 26.7 Å². The van der Waals surface area contributed by atoms with Crippen LogP contribution in [0.15, 0.2) is 17.3 Å². The Balaban J connectivity index is 2.16. The summed E-state index contributed by atoms with van der Waals surface area (Å²) in [6.07, 6.45) is 4.03. The Bertz CT molecular complexity index is 385. The molecule has 1 aromatic rings. The summed E-state index contributed by atoms with van der Waals surface area (Å²) in [6.45, 7) is 4.86. The lowest BCUT2D eigenvalue weighted by Crippen LogP contribution is -2.02. The van der Waals surface area contributed by atoms with Crippen molar-refractivity contribution in [1.29, 1.82) is 0 Å². The molecule has 0 radical (unpaired) electrons. The third-order valence-electron chi connectivity index (χ3n) is 2.85. The van der Waals surface area contributed by atoms with Gasteiger partial charge in [-0.05, 0) is 61.4 Å². The van der Waals surface area contributed by atoms with E-state index in [0.29, 0.717) is 0 Å². The number of oxime groups is 1. The number of rotatable bonds is 4. The molecular weight excluding hydrogens is 202 g/mol. The van der Waals surface area contributed by atoms with Crippen LogP contribution in [0.2, 0.25) is 0 Å².